The molecule has 0 radical (unpaired) electrons. The van der Waals surface area contributed by atoms with Crippen LogP contribution >= 0.6 is 105 Å². The van der Waals surface area contributed by atoms with Crippen molar-refractivity contribution in [3.05, 3.63) is 204 Å². The Hall–Kier alpha value is -6.42. The SMILES string of the molecule is CCCCC(CC)CSc1cc(OC)c(C)cc1N.CCCCC(CC)CSc1ccc(C)cc1N.CCCCC(CC)CSc1ccc(C)cc1N.CCCCC(CC)CSc1ccc(C)cc1NC.CCOc1ccccc1N.COc1cccc(Nc2ccn(C)n2)c1.Cc1ccc(OCCCN)c(C)c1.Nc1c(Cl)c(Cl)c(Cl)c(Cl)c1Cl. The summed E-state index contributed by atoms with van der Waals surface area (Å²) in [5.41, 5.74) is 47.7. The second-order valence-electron chi connectivity index (χ2n) is 30.0. The number of benzene rings is 8. The highest BCUT2D eigenvalue weighted by Crippen LogP contribution is 2.46. The van der Waals surface area contributed by atoms with Crippen LogP contribution in [-0.4, -0.2) is 73.8 Å². The Balaban J connectivity index is 0.000000472. The molecule has 4 unspecified atom stereocenters. The maximum Gasteiger partial charge on any atom is 0.152 e. The maximum absolute atomic E-state index is 6.10. The van der Waals surface area contributed by atoms with E-state index in [0.717, 1.165) is 97.9 Å². The van der Waals surface area contributed by atoms with Crippen molar-refractivity contribution in [1.29, 1.82) is 0 Å². The van der Waals surface area contributed by atoms with Crippen LogP contribution in [0.3, 0.4) is 0 Å². The quantitative estimate of drug-likeness (QED) is 0.00588. The van der Waals surface area contributed by atoms with Gasteiger partial charge >= 0.3 is 0 Å². The summed E-state index contributed by atoms with van der Waals surface area (Å²) >= 11 is 36.1. The first kappa shape index (κ1) is 111. The molecule has 9 rings (SSSR count). The molecule has 0 amide bonds. The van der Waals surface area contributed by atoms with Crippen LogP contribution in [0, 0.1) is 65.2 Å². The number of unbranched alkanes of at least 4 members (excludes halogenated alkanes) is 4. The van der Waals surface area contributed by atoms with Crippen molar-refractivity contribution < 1.29 is 18.9 Å². The molecule has 0 fully saturated rings. The van der Waals surface area contributed by atoms with Crippen molar-refractivity contribution in [3.63, 3.8) is 0 Å². The van der Waals surface area contributed by atoms with Crippen molar-refractivity contribution in [1.82, 2.24) is 9.78 Å². The van der Waals surface area contributed by atoms with Crippen LogP contribution in [-0.2, 0) is 7.05 Å². The first-order chi connectivity index (χ1) is 58.0. The molecular weight excluding hydrogens is 1690 g/mol. The van der Waals surface area contributed by atoms with Gasteiger partial charge < -0.3 is 64.0 Å². The lowest BCUT2D eigenvalue weighted by molar-refractivity contribution is 0.311. The Labute approximate surface area is 772 Å². The van der Waals surface area contributed by atoms with Gasteiger partial charge in [-0.1, -0.05) is 245 Å². The predicted octanol–water partition coefficient (Wildman–Crippen LogP) is 30.4. The topological polar surface area (TPSA) is 235 Å². The Bertz CT molecular complexity index is 4140. The minimum Gasteiger partial charge on any atom is -0.497 e. The summed E-state index contributed by atoms with van der Waals surface area (Å²) in [6.45, 7) is 34.7. The van der Waals surface area contributed by atoms with E-state index >= 15 is 0 Å². The number of anilines is 8. The minimum absolute atomic E-state index is 0.113. The number of rotatable bonds is 39. The summed E-state index contributed by atoms with van der Waals surface area (Å²) in [7, 11) is 7.26. The van der Waals surface area contributed by atoms with Crippen LogP contribution in [0.15, 0.2) is 165 Å². The van der Waals surface area contributed by atoms with E-state index in [1.54, 1.807) is 18.9 Å². The molecule has 0 bridgehead atoms. The summed E-state index contributed by atoms with van der Waals surface area (Å²) < 4.78 is 23.0. The van der Waals surface area contributed by atoms with Crippen LogP contribution in [0.1, 0.15) is 205 Å². The Morgan fingerprint density at radius 3 is 1.28 bits per heavy atom. The number of nitrogen functional groups attached to an aromatic ring is 5. The fourth-order valence-electron chi connectivity index (χ4n) is 12.0. The average Bonchev–Trinajstić information content (AvgIpc) is 1.29. The largest absolute Gasteiger partial charge is 0.497 e. The van der Waals surface area contributed by atoms with Gasteiger partial charge in [0.15, 0.2) is 5.82 Å². The van der Waals surface area contributed by atoms with Crippen LogP contribution in [0.25, 0.3) is 0 Å². The molecule has 672 valence electrons. The normalized spacial score (nSPS) is 11.5. The van der Waals surface area contributed by atoms with Gasteiger partial charge in [0.1, 0.15) is 23.0 Å². The predicted molar refractivity (Wildman–Crippen MR) is 543 cm³/mol. The van der Waals surface area contributed by atoms with Crippen molar-refractivity contribution in [3.8, 4) is 23.0 Å². The standard InChI is InChI=1S/C16H27NOS.C16H27NS.2C15H25NS.C11H13N3O.C11H17NO.C8H11NO.C6H2Cl5N/c1-5-7-8-13(6-2)11-19-16-10-15(18-4)12(3)9-14(16)17;1-5-7-8-14(6-2)12-18-16-10-9-13(3)11-15(16)17-4;2*1-4-6-7-13(5-2)11-17-15-9-8-12(3)10-14(15)16;1-14-7-6-11(13-14)12-9-4-3-5-10(8-9)15-2;1-9-4-5-11(10(2)8-9)13-7-3-6-12;1-2-10-8-6-4-3-5-7(8)9;7-1-2(8)4(10)6(12)5(11)3(1)9/h9-10,13H,5-8,11,17H2,1-4H3;9-11,14,17H,5-8,12H2,1-4H3;2*8-10,13H,4-7,11,16H2,1-3H3;3-8H,1-2H3,(H,12,13);4-5,8H,3,6-7,12H2,1-2H3;3-6H,2,9H2,1H3;12H2. The van der Waals surface area contributed by atoms with E-state index in [4.69, 9.17) is 111 Å². The highest BCUT2D eigenvalue weighted by Gasteiger charge is 2.18. The zero-order chi connectivity index (χ0) is 90.2. The number of thioether (sulfide) groups is 4. The average molecular weight is 1830 g/mol. The number of methoxy groups -OCH3 is 2. The molecule has 8 aromatic carbocycles. The molecule has 23 heteroatoms. The van der Waals surface area contributed by atoms with E-state index in [0.29, 0.717) is 25.4 Å². The monoisotopic (exact) mass is 1830 g/mol. The number of ether oxygens (including phenoxy) is 4. The molecule has 9 aromatic rings. The number of nitrogens with zero attached hydrogens (tertiary/aromatic N) is 2. The van der Waals surface area contributed by atoms with Gasteiger partial charge in [-0.2, -0.15) is 5.10 Å². The molecule has 14 N–H and O–H groups in total. The van der Waals surface area contributed by atoms with Crippen molar-refractivity contribution in [2.45, 2.75) is 233 Å². The van der Waals surface area contributed by atoms with Gasteiger partial charge in [-0.05, 0) is 217 Å². The van der Waals surface area contributed by atoms with E-state index in [2.05, 4.69) is 179 Å². The lowest BCUT2D eigenvalue weighted by atomic mass is 10.0. The van der Waals surface area contributed by atoms with E-state index in [-0.39, 0.29) is 30.8 Å². The summed E-state index contributed by atoms with van der Waals surface area (Å²) in [5.74, 6) is 12.4. The number of aryl methyl sites for hydroxylation is 7. The molecule has 0 spiro atoms. The zero-order valence-electron chi connectivity index (χ0n) is 76.2. The molecule has 1 heterocycles. The number of halogens is 5. The Morgan fingerprint density at radius 1 is 0.421 bits per heavy atom. The number of hydrogen-bond acceptors (Lipinski definition) is 17. The van der Waals surface area contributed by atoms with Crippen molar-refractivity contribution in [2.24, 2.45) is 36.5 Å². The smallest absolute Gasteiger partial charge is 0.152 e. The van der Waals surface area contributed by atoms with E-state index in [1.165, 1.54) is 168 Å². The highest BCUT2D eigenvalue weighted by molar-refractivity contribution is 8.00. The third kappa shape index (κ3) is 44.8. The number of aromatic nitrogens is 2. The highest BCUT2D eigenvalue weighted by atomic mass is 35.5. The van der Waals surface area contributed by atoms with Crippen molar-refractivity contribution >= 4 is 151 Å². The number of nitrogens with one attached hydrogen (secondary N) is 2. The van der Waals surface area contributed by atoms with Gasteiger partial charge in [0.25, 0.3) is 0 Å². The van der Waals surface area contributed by atoms with E-state index in [1.807, 2.05) is 148 Å². The second kappa shape index (κ2) is 65.2. The Kier molecular flexibility index (Phi) is 59.6. The van der Waals surface area contributed by atoms with Gasteiger partial charge in [-0.25, -0.2) is 0 Å². The number of nitrogens with two attached hydrogens (primary N) is 6. The fourth-order valence-corrected chi connectivity index (χ4v) is 18.1. The van der Waals surface area contributed by atoms with Crippen molar-refractivity contribution in [2.75, 3.05) is 103 Å². The zero-order valence-corrected chi connectivity index (χ0v) is 83.2. The lowest BCUT2D eigenvalue weighted by Crippen LogP contribution is -2.06. The van der Waals surface area contributed by atoms with Gasteiger partial charge in [0.2, 0.25) is 0 Å². The summed E-state index contributed by atoms with van der Waals surface area (Å²) in [6, 6.07) is 46.8. The maximum atomic E-state index is 6.10. The number of hydrogen-bond donors (Lipinski definition) is 8. The van der Waals surface area contributed by atoms with E-state index in [9.17, 15) is 0 Å². The molecule has 14 nitrogen and oxygen atoms in total. The number of para-hydroxylation sites is 2. The van der Waals surface area contributed by atoms with Gasteiger partial charge in [-0.3, -0.25) is 4.68 Å². The molecule has 0 aliphatic carbocycles. The van der Waals surface area contributed by atoms with E-state index < -0.39 is 0 Å². The molecule has 0 aliphatic heterocycles. The second-order valence-corrected chi connectivity index (χ2v) is 36.2. The first-order valence-electron chi connectivity index (χ1n) is 43.0. The summed E-state index contributed by atoms with van der Waals surface area (Å²) in [4.78, 5) is 5.02. The third-order valence-corrected chi connectivity index (χ3v) is 27.3. The van der Waals surface area contributed by atoms with Crippen LogP contribution in [0.5, 0.6) is 23.0 Å². The fraction of sp³-hybridized carbons (Fsp3) is 0.480. The van der Waals surface area contributed by atoms with Gasteiger partial charge in [0.05, 0.1) is 63.9 Å². The molecule has 4 atom stereocenters. The van der Waals surface area contributed by atoms with Crippen LogP contribution in [0.4, 0.5) is 45.6 Å². The molecule has 0 saturated carbocycles. The third-order valence-electron chi connectivity index (χ3n) is 19.8. The molecule has 121 heavy (non-hydrogen) atoms. The van der Waals surface area contributed by atoms with Gasteiger partial charge in [-0.15, -0.1) is 47.0 Å². The molecule has 0 saturated heterocycles. The minimum atomic E-state index is 0.113. The van der Waals surface area contributed by atoms with Gasteiger partial charge in [0, 0.05) is 103 Å². The summed E-state index contributed by atoms with van der Waals surface area (Å²) in [5, 5.41) is 11.3. The van der Waals surface area contributed by atoms with Crippen LogP contribution < -0.4 is 64.0 Å². The van der Waals surface area contributed by atoms with Crippen LogP contribution in [0.2, 0.25) is 25.1 Å². The molecular formula is C98H147Cl5N10O4S4. The first-order valence-corrected chi connectivity index (χ1v) is 48.8. The molecule has 0 aliphatic rings. The summed E-state index contributed by atoms with van der Waals surface area (Å²) in [6.07, 6.45) is 23.9. The molecule has 1 aromatic heterocycles. The Morgan fingerprint density at radius 2 is 0.860 bits per heavy atom. The lowest BCUT2D eigenvalue weighted by Gasteiger charge is -2.16.